The number of alkyl halides is 9. The van der Waals surface area contributed by atoms with Crippen molar-refractivity contribution in [2.75, 3.05) is 25.1 Å². The molecule has 4 rings (SSSR count). The number of fused-ring (bicyclic) bond motifs is 1. The number of amides is 1. The van der Waals surface area contributed by atoms with Crippen LogP contribution in [-0.2, 0) is 4.74 Å². The Hall–Kier alpha value is -3.25. The molecule has 1 aliphatic rings. The molecular formula is C21H15Cl2F9N6O3. The number of nitrogens with one attached hydrogen (secondary N) is 3. The van der Waals surface area contributed by atoms with Crippen molar-refractivity contribution >= 4 is 51.9 Å². The second-order valence-corrected chi connectivity index (χ2v) is 9.35. The molecule has 224 valence electrons. The molecule has 3 aromatic rings. The van der Waals surface area contributed by atoms with Crippen LogP contribution in [0.3, 0.4) is 0 Å². The molecule has 1 saturated heterocycles. The fraction of sp³-hybridized carbons (Fsp3) is 0.429. The van der Waals surface area contributed by atoms with E-state index in [1.54, 1.807) is 0 Å². The highest BCUT2D eigenvalue weighted by Crippen LogP contribution is 2.52. The van der Waals surface area contributed by atoms with Gasteiger partial charge >= 0.3 is 23.9 Å². The van der Waals surface area contributed by atoms with Crippen molar-refractivity contribution in [2.24, 2.45) is 0 Å². The SMILES string of the molecule is O=C(NCC(F)(F)C(F)(F)C(F)(F)C(F)(F)F)c1cc2nc(Nc3c(Cl)cncc3Cl)[nH]c2nc1OC1CCOC1. The summed E-state index contributed by atoms with van der Waals surface area (Å²) in [6.07, 6.45) is -4.85. The third-order valence-electron chi connectivity index (χ3n) is 5.62. The standard InChI is InChI=1S/C21H15Cl2F9N6O3/c22-10-4-33-5-11(23)13(10)36-17-35-12-3-9(16(37-14(12)38-17)41-8-1-2-40-6-8)15(39)34-7-18(24,25)19(26,27)20(28,29)21(30,31)32/h3-5,8H,1-2,6-7H2,(H,34,39)(H2,33,35,36,37,38). The Morgan fingerprint density at radius 1 is 1.05 bits per heavy atom. The monoisotopic (exact) mass is 640 g/mol. The molecule has 41 heavy (non-hydrogen) atoms. The van der Waals surface area contributed by atoms with E-state index in [0.717, 1.165) is 6.07 Å². The molecule has 4 heterocycles. The largest absolute Gasteiger partial charge is 0.471 e. The van der Waals surface area contributed by atoms with Crippen LogP contribution in [-0.4, -0.2) is 75.6 Å². The minimum absolute atomic E-state index is 0.0341. The Balaban J connectivity index is 1.64. The zero-order chi connectivity index (χ0) is 30.4. The fourth-order valence-electron chi connectivity index (χ4n) is 3.45. The zero-order valence-electron chi connectivity index (χ0n) is 19.9. The summed E-state index contributed by atoms with van der Waals surface area (Å²) in [5, 5.41) is 4.16. The molecule has 0 spiro atoms. The van der Waals surface area contributed by atoms with E-state index in [0.29, 0.717) is 6.42 Å². The van der Waals surface area contributed by atoms with Gasteiger partial charge in [0, 0.05) is 18.8 Å². The maximum Gasteiger partial charge on any atom is 0.460 e. The summed E-state index contributed by atoms with van der Waals surface area (Å²) in [5.74, 6) is -22.2. The lowest BCUT2D eigenvalue weighted by molar-refractivity contribution is -0.394. The molecule has 1 fully saturated rings. The number of aromatic amines is 1. The van der Waals surface area contributed by atoms with Crippen LogP contribution in [0.4, 0.5) is 51.1 Å². The molecule has 1 amide bonds. The van der Waals surface area contributed by atoms with Gasteiger partial charge in [-0.1, -0.05) is 23.2 Å². The quantitative estimate of drug-likeness (QED) is 0.255. The number of halogens is 11. The molecule has 0 saturated carbocycles. The summed E-state index contributed by atoms with van der Waals surface area (Å²) >= 11 is 12.1. The van der Waals surface area contributed by atoms with Crippen LogP contribution >= 0.6 is 23.2 Å². The molecule has 0 aliphatic carbocycles. The molecule has 3 aromatic heterocycles. The normalized spacial score (nSPS) is 16.7. The van der Waals surface area contributed by atoms with Crippen molar-refractivity contribution in [3.8, 4) is 5.88 Å². The van der Waals surface area contributed by atoms with E-state index >= 15 is 0 Å². The topological polar surface area (TPSA) is 114 Å². The lowest BCUT2D eigenvalue weighted by atomic mass is 10.0. The van der Waals surface area contributed by atoms with Gasteiger partial charge in [-0.05, 0) is 6.07 Å². The first-order chi connectivity index (χ1) is 18.9. The Morgan fingerprint density at radius 3 is 2.29 bits per heavy atom. The number of H-pyrrole nitrogens is 1. The molecule has 1 atom stereocenters. The number of pyridine rings is 2. The van der Waals surface area contributed by atoms with Crippen molar-refractivity contribution in [2.45, 2.75) is 36.5 Å². The van der Waals surface area contributed by atoms with Gasteiger partial charge in [-0.3, -0.25) is 9.78 Å². The third-order valence-corrected chi connectivity index (χ3v) is 6.20. The van der Waals surface area contributed by atoms with Crippen molar-refractivity contribution in [3.63, 3.8) is 0 Å². The minimum Gasteiger partial charge on any atom is -0.471 e. The van der Waals surface area contributed by atoms with E-state index in [4.69, 9.17) is 32.7 Å². The first-order valence-corrected chi connectivity index (χ1v) is 11.9. The van der Waals surface area contributed by atoms with Crippen LogP contribution in [0.5, 0.6) is 5.88 Å². The Bertz CT molecular complexity index is 1430. The number of hydrogen-bond donors (Lipinski definition) is 3. The van der Waals surface area contributed by atoms with Gasteiger partial charge in [0.05, 0.1) is 35.5 Å². The number of nitrogens with zero attached hydrogens (tertiary/aromatic N) is 3. The average Bonchev–Trinajstić information content (AvgIpc) is 3.52. The van der Waals surface area contributed by atoms with Crippen molar-refractivity contribution < 1.29 is 53.8 Å². The van der Waals surface area contributed by atoms with E-state index in [1.165, 1.54) is 17.7 Å². The summed E-state index contributed by atoms with van der Waals surface area (Å²) < 4.78 is 130. The van der Waals surface area contributed by atoms with Crippen LogP contribution < -0.4 is 15.4 Å². The molecule has 3 N–H and O–H groups in total. The summed E-state index contributed by atoms with van der Waals surface area (Å²) in [6.45, 7) is -2.30. The molecule has 0 bridgehead atoms. The Kier molecular flexibility index (Phi) is 8.14. The van der Waals surface area contributed by atoms with E-state index < -0.39 is 53.9 Å². The average molecular weight is 641 g/mol. The van der Waals surface area contributed by atoms with Gasteiger partial charge in [0.25, 0.3) is 5.91 Å². The molecule has 20 heteroatoms. The number of rotatable bonds is 9. The molecule has 1 aliphatic heterocycles. The van der Waals surface area contributed by atoms with Crippen LogP contribution in [0.2, 0.25) is 10.0 Å². The second kappa shape index (κ2) is 10.9. The summed E-state index contributed by atoms with van der Waals surface area (Å²) in [6, 6.07) is 0.931. The van der Waals surface area contributed by atoms with Crippen LogP contribution in [0.25, 0.3) is 11.2 Å². The highest BCUT2D eigenvalue weighted by molar-refractivity contribution is 6.39. The lowest BCUT2D eigenvalue weighted by Gasteiger charge is -2.33. The van der Waals surface area contributed by atoms with E-state index in [9.17, 15) is 44.3 Å². The highest BCUT2D eigenvalue weighted by atomic mass is 35.5. The van der Waals surface area contributed by atoms with Crippen molar-refractivity contribution in [3.05, 3.63) is 34.1 Å². The van der Waals surface area contributed by atoms with Gasteiger partial charge in [-0.15, -0.1) is 0 Å². The van der Waals surface area contributed by atoms with Crippen molar-refractivity contribution in [1.29, 1.82) is 0 Å². The number of aromatic nitrogens is 4. The van der Waals surface area contributed by atoms with Gasteiger partial charge in [0.1, 0.15) is 17.2 Å². The van der Waals surface area contributed by atoms with E-state index in [1.807, 2.05) is 0 Å². The molecule has 0 aromatic carbocycles. The van der Waals surface area contributed by atoms with Crippen LogP contribution in [0, 0.1) is 0 Å². The van der Waals surface area contributed by atoms with Gasteiger partial charge in [-0.25, -0.2) is 4.98 Å². The number of carbonyl (C=O) groups is 1. The number of hydrogen-bond acceptors (Lipinski definition) is 7. The van der Waals surface area contributed by atoms with Gasteiger partial charge in [0.15, 0.2) is 5.65 Å². The number of carbonyl (C=O) groups excluding carboxylic acids is 1. The summed E-state index contributed by atoms with van der Waals surface area (Å²) in [7, 11) is 0. The predicted octanol–water partition coefficient (Wildman–Crippen LogP) is 5.77. The minimum atomic E-state index is -7.11. The highest BCUT2D eigenvalue weighted by Gasteiger charge is 2.81. The molecule has 9 nitrogen and oxygen atoms in total. The van der Waals surface area contributed by atoms with Gasteiger partial charge in [0.2, 0.25) is 11.8 Å². The smallest absolute Gasteiger partial charge is 0.460 e. The second-order valence-electron chi connectivity index (χ2n) is 8.53. The lowest BCUT2D eigenvalue weighted by Crippen LogP contribution is -2.63. The number of ether oxygens (including phenoxy) is 2. The first-order valence-electron chi connectivity index (χ1n) is 11.1. The van der Waals surface area contributed by atoms with E-state index in [-0.39, 0.29) is 46.1 Å². The van der Waals surface area contributed by atoms with Crippen molar-refractivity contribution in [1.82, 2.24) is 25.3 Å². The fourth-order valence-corrected chi connectivity index (χ4v) is 3.91. The zero-order valence-corrected chi connectivity index (χ0v) is 21.4. The molecular weight excluding hydrogens is 626 g/mol. The summed E-state index contributed by atoms with van der Waals surface area (Å²) in [4.78, 5) is 27.4. The summed E-state index contributed by atoms with van der Waals surface area (Å²) in [5.41, 5.74) is -0.668. The maximum absolute atomic E-state index is 14.0. The van der Waals surface area contributed by atoms with E-state index in [2.05, 4.69) is 25.3 Å². The van der Waals surface area contributed by atoms with Crippen LogP contribution in [0.15, 0.2) is 18.5 Å². The number of anilines is 2. The Morgan fingerprint density at radius 2 is 1.71 bits per heavy atom. The molecule has 0 radical (unpaired) electrons. The molecule has 1 unspecified atom stereocenters. The third kappa shape index (κ3) is 5.90. The van der Waals surface area contributed by atoms with Gasteiger partial charge in [-0.2, -0.15) is 44.5 Å². The Labute approximate surface area is 232 Å². The maximum atomic E-state index is 14.0. The number of imidazole rings is 1. The predicted molar refractivity (Wildman–Crippen MR) is 125 cm³/mol. The first kappa shape index (κ1) is 30.7. The van der Waals surface area contributed by atoms with Crippen LogP contribution in [0.1, 0.15) is 16.8 Å². The van der Waals surface area contributed by atoms with Gasteiger partial charge < -0.3 is 25.1 Å².